The number of para-hydroxylation sites is 2. The Morgan fingerprint density at radius 2 is 0.947 bits per heavy atom. The molecule has 0 fully saturated rings. The van der Waals surface area contributed by atoms with E-state index in [0.717, 1.165) is 0 Å². The van der Waals surface area contributed by atoms with Gasteiger partial charge in [-0.1, -0.05) is 59.6 Å². The molecule has 4 radical (unpaired) electrons. The van der Waals surface area contributed by atoms with E-state index in [2.05, 4.69) is 20.0 Å². The van der Waals surface area contributed by atoms with Gasteiger partial charge in [-0.2, -0.15) is 0 Å². The zero-order valence-corrected chi connectivity index (χ0v) is 21.3. The van der Waals surface area contributed by atoms with Crippen LogP contribution in [-0.4, -0.2) is 16.1 Å². The highest BCUT2D eigenvalue weighted by atomic mass is 35.5. The van der Waals surface area contributed by atoms with Gasteiger partial charge in [0, 0.05) is 32.9 Å². The molecular formula is C28H16B2Cl2N4O2. The molecule has 10 heteroatoms. The Balaban J connectivity index is 2.05. The fourth-order valence-electron chi connectivity index (χ4n) is 3.78. The first-order valence-electron chi connectivity index (χ1n) is 11.3. The Labute approximate surface area is 229 Å². The third-order valence-electron chi connectivity index (χ3n) is 5.60. The predicted octanol–water partition coefficient (Wildman–Crippen LogP) is 0.394. The second kappa shape index (κ2) is 11.5. The molecule has 5 rings (SSSR count). The number of fused-ring (bicyclic) bond motifs is 4. The standard InChI is InChI=1S/C28H16B2Cl2N4O2/c29-37-27-22-14-20(32)10-12-26(22)34-16-18-6-2-4-8-24(18)36-28(38-30)21-13-19(31)9-11-25(21)33-15-17-5-1-3-7-23(17)35-27/h1-16H/b17-15+,18-16?,27-22+,28-21?,33-15?,33-25?,34-16?,34-26?,35-23-,35-27?,36-24+,36-28?. The second-order valence-electron chi connectivity index (χ2n) is 8.03. The summed E-state index contributed by atoms with van der Waals surface area (Å²) in [7, 11) is 11.4. The molecule has 0 N–H and O–H groups in total. The highest BCUT2D eigenvalue weighted by Gasteiger charge is 2.03. The lowest BCUT2D eigenvalue weighted by Crippen LogP contribution is -2.32. The van der Waals surface area contributed by atoms with Crippen LogP contribution < -0.4 is 42.3 Å². The summed E-state index contributed by atoms with van der Waals surface area (Å²) in [6, 6.07) is 25.1. The van der Waals surface area contributed by atoms with Crippen molar-refractivity contribution in [3.05, 3.63) is 137 Å². The summed E-state index contributed by atoms with van der Waals surface area (Å²) in [5, 5.41) is 5.51. The van der Waals surface area contributed by atoms with Gasteiger partial charge in [-0.25, -0.2) is 9.98 Å². The Morgan fingerprint density at radius 1 is 0.526 bits per heavy atom. The molecule has 4 aromatic rings. The molecule has 0 aliphatic carbocycles. The highest BCUT2D eigenvalue weighted by Crippen LogP contribution is 2.03. The van der Waals surface area contributed by atoms with Gasteiger partial charge >= 0.3 is 16.1 Å². The van der Waals surface area contributed by atoms with Crippen LogP contribution in [-0.2, 0) is 9.31 Å². The number of hydrogen-bond acceptors (Lipinski definition) is 6. The molecule has 1 aliphatic rings. The van der Waals surface area contributed by atoms with Crippen LogP contribution in [0.25, 0.3) is 24.2 Å². The van der Waals surface area contributed by atoms with Crippen molar-refractivity contribution in [2.75, 3.05) is 0 Å². The molecule has 180 valence electrons. The van der Waals surface area contributed by atoms with Gasteiger partial charge in [-0.15, -0.1) is 0 Å². The minimum absolute atomic E-state index is 0.130. The summed E-state index contributed by atoms with van der Waals surface area (Å²) in [4.78, 5) is 18.7. The fourth-order valence-corrected chi connectivity index (χ4v) is 4.12. The van der Waals surface area contributed by atoms with Gasteiger partial charge in [-0.05, 0) is 48.5 Å². The minimum Gasteiger partial charge on any atom is -0.554 e. The summed E-state index contributed by atoms with van der Waals surface area (Å²) in [6.07, 6.45) is 3.31. The first-order chi connectivity index (χ1) is 18.6. The smallest absolute Gasteiger partial charge is 0.376 e. The Kier molecular flexibility index (Phi) is 7.73. The van der Waals surface area contributed by atoms with E-state index in [-0.39, 0.29) is 11.8 Å². The summed E-state index contributed by atoms with van der Waals surface area (Å²) in [6.45, 7) is 0. The minimum atomic E-state index is 0.130. The molecule has 0 saturated carbocycles. The molecule has 0 aromatic heterocycles. The van der Waals surface area contributed by atoms with Crippen molar-refractivity contribution in [2.45, 2.75) is 0 Å². The zero-order valence-electron chi connectivity index (χ0n) is 19.8. The number of rotatable bonds is 2. The maximum Gasteiger partial charge on any atom is 0.376 e. The molecule has 1 aliphatic heterocycles. The van der Waals surface area contributed by atoms with Crippen LogP contribution in [0.2, 0.25) is 10.0 Å². The predicted molar refractivity (Wildman–Crippen MR) is 148 cm³/mol. The largest absolute Gasteiger partial charge is 0.554 e. The summed E-state index contributed by atoms with van der Waals surface area (Å²) in [5.74, 6) is 0.259. The molecule has 0 amide bonds. The van der Waals surface area contributed by atoms with Crippen molar-refractivity contribution < 1.29 is 9.31 Å². The van der Waals surface area contributed by atoms with Gasteiger partial charge in [0.15, 0.2) is 0 Å². The molecule has 4 aromatic carbocycles. The topological polar surface area (TPSA) is 67.9 Å². The van der Waals surface area contributed by atoms with Gasteiger partial charge in [0.1, 0.15) is 0 Å². The van der Waals surface area contributed by atoms with Crippen molar-refractivity contribution in [1.82, 2.24) is 0 Å². The van der Waals surface area contributed by atoms with E-state index >= 15 is 0 Å². The number of benzene rings is 4. The lowest BCUT2D eigenvalue weighted by atomic mass is 10.2. The van der Waals surface area contributed by atoms with Crippen molar-refractivity contribution in [1.29, 1.82) is 0 Å². The summed E-state index contributed by atoms with van der Waals surface area (Å²) in [5.41, 5.74) is 0. The maximum absolute atomic E-state index is 6.31. The normalized spacial score (nSPS) is 16.9. The second-order valence-corrected chi connectivity index (χ2v) is 8.90. The number of hydrogen-bond donors (Lipinski definition) is 0. The first-order valence-corrected chi connectivity index (χ1v) is 12.1. The first kappa shape index (κ1) is 25.5. The van der Waals surface area contributed by atoms with Crippen LogP contribution in [0.5, 0.6) is 0 Å². The van der Waals surface area contributed by atoms with Crippen LogP contribution in [0.1, 0.15) is 0 Å². The number of nitrogens with zero attached hydrogens (tertiary/aromatic N) is 4. The van der Waals surface area contributed by atoms with E-state index in [1.165, 1.54) is 0 Å². The third-order valence-corrected chi connectivity index (χ3v) is 6.07. The molecule has 0 bridgehead atoms. The highest BCUT2D eigenvalue weighted by molar-refractivity contribution is 6.30. The molecule has 38 heavy (non-hydrogen) atoms. The van der Waals surface area contributed by atoms with Gasteiger partial charge in [0.2, 0.25) is 11.8 Å². The Morgan fingerprint density at radius 3 is 1.37 bits per heavy atom. The van der Waals surface area contributed by atoms with Crippen LogP contribution >= 0.6 is 23.2 Å². The average Bonchev–Trinajstić information content (AvgIpc) is 2.94. The molecule has 0 atom stereocenters. The van der Waals surface area contributed by atoms with Crippen LogP contribution in [0.4, 0.5) is 0 Å². The van der Waals surface area contributed by atoms with E-state index < -0.39 is 0 Å². The molecular weight excluding hydrogens is 517 g/mol. The van der Waals surface area contributed by atoms with E-state index in [4.69, 9.17) is 48.6 Å². The number of halogens is 2. The average molecular weight is 533 g/mol. The maximum atomic E-state index is 6.31. The van der Waals surface area contributed by atoms with E-state index in [1.54, 1.807) is 48.8 Å². The quantitative estimate of drug-likeness (QED) is 0.351. The van der Waals surface area contributed by atoms with E-state index in [0.29, 0.717) is 52.3 Å². The Bertz CT molecular complexity index is 1900. The van der Waals surface area contributed by atoms with Gasteiger partial charge in [-0.3, -0.25) is 9.98 Å². The van der Waals surface area contributed by atoms with Crippen molar-refractivity contribution >= 4 is 63.5 Å². The van der Waals surface area contributed by atoms with Gasteiger partial charge in [0.25, 0.3) is 0 Å². The SMILES string of the molecule is [B]OC1=c2cc(Cl)ccc2=N\C=c2/cccc/c2=N/C(O[B])=c2/cc(Cl)ccc2=NC=c2cccc/c2=N\1. The van der Waals surface area contributed by atoms with Crippen molar-refractivity contribution in [3.8, 4) is 0 Å². The monoisotopic (exact) mass is 532 g/mol. The molecule has 0 saturated heterocycles. The van der Waals surface area contributed by atoms with Gasteiger partial charge < -0.3 is 9.31 Å². The lowest BCUT2D eigenvalue weighted by Gasteiger charge is -2.03. The van der Waals surface area contributed by atoms with Crippen LogP contribution in [0.15, 0.2) is 105 Å². The summed E-state index contributed by atoms with van der Waals surface area (Å²) < 4.78 is 10.4. The van der Waals surface area contributed by atoms with Crippen LogP contribution in [0.3, 0.4) is 0 Å². The Hall–Kier alpha value is -4.13. The van der Waals surface area contributed by atoms with Crippen LogP contribution in [0, 0.1) is 0 Å². The summed E-state index contributed by atoms with van der Waals surface area (Å²) >= 11 is 12.6. The fraction of sp³-hybridized carbons (Fsp3) is 0. The van der Waals surface area contributed by atoms with Gasteiger partial charge in [0.05, 0.1) is 31.9 Å². The third kappa shape index (κ3) is 5.57. The van der Waals surface area contributed by atoms with E-state index in [1.807, 2.05) is 48.5 Å². The van der Waals surface area contributed by atoms with E-state index in [9.17, 15) is 0 Å². The molecule has 0 spiro atoms. The van der Waals surface area contributed by atoms with Crippen molar-refractivity contribution in [2.24, 2.45) is 20.0 Å². The molecule has 6 nitrogen and oxygen atoms in total. The lowest BCUT2D eigenvalue weighted by molar-refractivity contribution is 0.548. The molecule has 1 heterocycles. The van der Waals surface area contributed by atoms with Crippen molar-refractivity contribution in [3.63, 3.8) is 0 Å². The molecule has 0 unspecified atom stereocenters. The zero-order chi connectivity index (χ0) is 26.5.